The number of halogens is 1. The Morgan fingerprint density at radius 3 is 2.94 bits per heavy atom. The highest BCUT2D eigenvalue weighted by molar-refractivity contribution is 7.98. The van der Waals surface area contributed by atoms with Gasteiger partial charge in [-0.05, 0) is 12.1 Å². The number of thioether (sulfide) groups is 1. The summed E-state index contributed by atoms with van der Waals surface area (Å²) in [5.74, 6) is 0.0460. The molecule has 0 unspecified atom stereocenters. The highest BCUT2D eigenvalue weighted by atomic mass is 35.5. The van der Waals surface area contributed by atoms with E-state index in [4.69, 9.17) is 21.2 Å². The third kappa shape index (κ3) is 3.48. The molecule has 94 valence electrons. The highest BCUT2D eigenvalue weighted by Gasteiger charge is 2.10. The van der Waals surface area contributed by atoms with Crippen molar-refractivity contribution in [1.29, 1.82) is 0 Å². The number of carbonyl (C=O) groups is 1. The van der Waals surface area contributed by atoms with Crippen molar-refractivity contribution in [3.05, 3.63) is 41.0 Å². The minimum Gasteiger partial charge on any atom is -0.481 e. The molecule has 7 heteroatoms. The van der Waals surface area contributed by atoms with E-state index in [9.17, 15) is 4.79 Å². The Hall–Kier alpha value is -1.53. The second kappa shape index (κ2) is 5.88. The second-order valence-electron chi connectivity index (χ2n) is 3.39. The fraction of sp³-hybridized carbons (Fsp3) is 0.182. The van der Waals surface area contributed by atoms with Crippen LogP contribution in [0.3, 0.4) is 0 Å². The molecule has 2 aromatic rings. The number of hydrogen-bond acceptors (Lipinski definition) is 5. The normalized spacial score (nSPS) is 10.5. The lowest BCUT2D eigenvalue weighted by Crippen LogP contribution is -2.00. The van der Waals surface area contributed by atoms with Gasteiger partial charge >= 0.3 is 5.97 Å². The molecule has 0 bridgehead atoms. The minimum atomic E-state index is -0.996. The van der Waals surface area contributed by atoms with Gasteiger partial charge in [0, 0.05) is 4.90 Å². The highest BCUT2D eigenvalue weighted by Crippen LogP contribution is 2.28. The van der Waals surface area contributed by atoms with Gasteiger partial charge in [-0.2, -0.15) is 4.98 Å². The molecule has 0 atom stereocenters. The Morgan fingerprint density at radius 1 is 1.44 bits per heavy atom. The van der Waals surface area contributed by atoms with Crippen molar-refractivity contribution in [1.82, 2.24) is 10.1 Å². The smallest absolute Gasteiger partial charge is 0.312 e. The zero-order chi connectivity index (χ0) is 13.0. The summed E-state index contributed by atoms with van der Waals surface area (Å²) in [4.78, 5) is 15.3. The summed E-state index contributed by atoms with van der Waals surface area (Å²) in [5.41, 5.74) is 0. The van der Waals surface area contributed by atoms with E-state index in [2.05, 4.69) is 10.1 Å². The number of carboxylic acids is 1. The summed E-state index contributed by atoms with van der Waals surface area (Å²) in [5, 5.41) is 12.9. The first-order valence-corrected chi connectivity index (χ1v) is 6.42. The molecule has 0 saturated carbocycles. The zero-order valence-electron chi connectivity index (χ0n) is 9.17. The van der Waals surface area contributed by atoms with Crippen LogP contribution >= 0.6 is 23.4 Å². The molecule has 18 heavy (non-hydrogen) atoms. The van der Waals surface area contributed by atoms with Crippen molar-refractivity contribution in [2.24, 2.45) is 0 Å². The molecule has 0 aliphatic carbocycles. The van der Waals surface area contributed by atoms with Crippen LogP contribution in [0.1, 0.15) is 11.7 Å². The number of aromatic nitrogens is 2. The maximum Gasteiger partial charge on any atom is 0.312 e. The Balaban J connectivity index is 1.96. The molecule has 0 aliphatic heterocycles. The molecule has 5 nitrogen and oxygen atoms in total. The summed E-state index contributed by atoms with van der Waals surface area (Å²) in [7, 11) is 0. The molecule has 0 saturated heterocycles. The van der Waals surface area contributed by atoms with E-state index in [-0.39, 0.29) is 12.3 Å². The summed E-state index contributed by atoms with van der Waals surface area (Å²) in [6.45, 7) is 0. The quantitative estimate of drug-likeness (QED) is 0.851. The lowest BCUT2D eigenvalue weighted by Gasteiger charge is -2.00. The van der Waals surface area contributed by atoms with Crippen molar-refractivity contribution < 1.29 is 14.4 Å². The first-order valence-electron chi connectivity index (χ1n) is 5.06. The summed E-state index contributed by atoms with van der Waals surface area (Å²) in [6, 6.07) is 7.44. The van der Waals surface area contributed by atoms with E-state index in [0.717, 1.165) is 4.90 Å². The molecular weight excluding hydrogens is 276 g/mol. The van der Waals surface area contributed by atoms with Gasteiger partial charge < -0.3 is 9.63 Å². The maximum atomic E-state index is 10.5. The van der Waals surface area contributed by atoms with E-state index < -0.39 is 5.97 Å². The van der Waals surface area contributed by atoms with Crippen LogP contribution in [0.2, 0.25) is 5.02 Å². The molecule has 0 fully saturated rings. The summed E-state index contributed by atoms with van der Waals surface area (Å²) >= 11 is 7.47. The predicted octanol–water partition coefficient (Wildman–Crippen LogP) is 2.64. The molecule has 0 amide bonds. The van der Waals surface area contributed by atoms with Gasteiger partial charge in [-0.15, -0.1) is 11.8 Å². The van der Waals surface area contributed by atoms with E-state index in [1.807, 2.05) is 18.2 Å². The van der Waals surface area contributed by atoms with Crippen molar-refractivity contribution in [2.75, 3.05) is 0 Å². The lowest BCUT2D eigenvalue weighted by atomic mass is 10.4. The Labute approximate surface area is 112 Å². The van der Waals surface area contributed by atoms with E-state index in [1.165, 1.54) is 11.8 Å². The molecule has 0 aliphatic rings. The number of rotatable bonds is 5. The third-order valence-electron chi connectivity index (χ3n) is 2.01. The van der Waals surface area contributed by atoms with Gasteiger partial charge in [0.15, 0.2) is 5.82 Å². The maximum absolute atomic E-state index is 10.5. The molecule has 1 heterocycles. The summed E-state index contributed by atoms with van der Waals surface area (Å²) < 4.78 is 4.81. The topological polar surface area (TPSA) is 76.2 Å². The fourth-order valence-corrected chi connectivity index (χ4v) is 2.34. The fourth-order valence-electron chi connectivity index (χ4n) is 1.25. The van der Waals surface area contributed by atoms with Crippen molar-refractivity contribution in [3.8, 4) is 0 Å². The van der Waals surface area contributed by atoms with E-state index in [0.29, 0.717) is 16.6 Å². The van der Waals surface area contributed by atoms with Crippen LogP contribution in [0, 0.1) is 0 Å². The van der Waals surface area contributed by atoms with Crippen LogP contribution in [0.5, 0.6) is 0 Å². The number of benzene rings is 1. The van der Waals surface area contributed by atoms with Gasteiger partial charge in [0.25, 0.3) is 0 Å². The van der Waals surface area contributed by atoms with Crippen molar-refractivity contribution in [2.45, 2.75) is 17.1 Å². The standard InChI is InChI=1S/C11H9ClN2O3S/c12-7-3-1-2-4-8(7)18-6-9-13-10(17-14-9)5-11(15)16/h1-4H,5-6H2,(H,15,16). The monoisotopic (exact) mass is 284 g/mol. The van der Waals surface area contributed by atoms with Gasteiger partial charge in [0.05, 0.1) is 10.8 Å². The first kappa shape index (κ1) is 12.9. The molecule has 0 radical (unpaired) electrons. The van der Waals surface area contributed by atoms with Crippen LogP contribution in [0.15, 0.2) is 33.7 Å². The van der Waals surface area contributed by atoms with E-state index >= 15 is 0 Å². The number of hydrogen-bond donors (Lipinski definition) is 1. The number of nitrogens with zero attached hydrogens (tertiary/aromatic N) is 2. The summed E-state index contributed by atoms with van der Waals surface area (Å²) in [6.07, 6.45) is -0.260. The molecule has 1 aromatic carbocycles. The average molecular weight is 285 g/mol. The Kier molecular flexibility index (Phi) is 4.22. The molecular formula is C11H9ClN2O3S. The molecule has 1 aromatic heterocycles. The van der Waals surface area contributed by atoms with Gasteiger partial charge in [-0.1, -0.05) is 28.9 Å². The number of aliphatic carboxylic acids is 1. The predicted molar refractivity (Wildman–Crippen MR) is 66.7 cm³/mol. The van der Waals surface area contributed by atoms with Crippen LogP contribution in [0.25, 0.3) is 0 Å². The average Bonchev–Trinajstić information content (AvgIpc) is 2.75. The SMILES string of the molecule is O=C(O)Cc1nc(CSc2ccccc2Cl)no1. The zero-order valence-corrected chi connectivity index (χ0v) is 10.7. The minimum absolute atomic E-state index is 0.109. The van der Waals surface area contributed by atoms with Crippen LogP contribution in [-0.2, 0) is 17.0 Å². The molecule has 0 spiro atoms. The Bertz CT molecular complexity index is 559. The third-order valence-corrected chi connectivity index (χ3v) is 3.52. The van der Waals surface area contributed by atoms with Gasteiger partial charge in [-0.25, -0.2) is 0 Å². The van der Waals surface area contributed by atoms with Crippen molar-refractivity contribution >= 4 is 29.3 Å². The largest absolute Gasteiger partial charge is 0.481 e. The van der Waals surface area contributed by atoms with Crippen LogP contribution < -0.4 is 0 Å². The van der Waals surface area contributed by atoms with Crippen LogP contribution in [-0.4, -0.2) is 21.2 Å². The first-order chi connectivity index (χ1) is 8.65. The Morgan fingerprint density at radius 2 is 2.22 bits per heavy atom. The van der Waals surface area contributed by atoms with Gasteiger partial charge in [0.1, 0.15) is 6.42 Å². The molecule has 2 rings (SSSR count). The second-order valence-corrected chi connectivity index (χ2v) is 4.82. The van der Waals surface area contributed by atoms with Gasteiger partial charge in [-0.3, -0.25) is 4.79 Å². The van der Waals surface area contributed by atoms with Crippen molar-refractivity contribution in [3.63, 3.8) is 0 Å². The van der Waals surface area contributed by atoms with Gasteiger partial charge in [0.2, 0.25) is 5.89 Å². The van der Waals surface area contributed by atoms with E-state index in [1.54, 1.807) is 6.07 Å². The lowest BCUT2D eigenvalue weighted by molar-refractivity contribution is -0.136. The number of carboxylic acid groups (broad SMARTS) is 1. The molecule has 1 N–H and O–H groups in total. The van der Waals surface area contributed by atoms with Crippen LogP contribution in [0.4, 0.5) is 0 Å².